The molecule has 0 amide bonds. The van der Waals surface area contributed by atoms with Crippen LogP contribution in [0.4, 0.5) is 5.82 Å². The van der Waals surface area contributed by atoms with Crippen molar-refractivity contribution < 1.29 is 4.79 Å². The largest absolute Gasteiger partial charge is 0.363 e. The van der Waals surface area contributed by atoms with Crippen molar-refractivity contribution in [1.82, 2.24) is 4.98 Å². The Morgan fingerprint density at radius 2 is 2.42 bits per heavy atom. The Kier molecular flexibility index (Phi) is 2.00. The first-order chi connectivity index (χ1) is 5.75. The predicted octanol–water partition coefficient (Wildman–Crippen LogP) is 1.22. The van der Waals surface area contributed by atoms with Crippen LogP contribution in [0.5, 0.6) is 0 Å². The molecule has 0 atom stereocenters. The van der Waals surface area contributed by atoms with Crippen molar-refractivity contribution in [2.45, 2.75) is 6.42 Å². The smallest absolute Gasteiger partial charge is 0.156 e. The second kappa shape index (κ2) is 3.01. The summed E-state index contributed by atoms with van der Waals surface area (Å²) in [5, 5.41) is 2.98. The number of anilines is 1. The summed E-state index contributed by atoms with van der Waals surface area (Å²) in [6, 6.07) is 1.99. The maximum atomic E-state index is 11.0. The maximum absolute atomic E-state index is 11.0. The number of rotatable bonds is 0. The first-order valence-corrected chi connectivity index (χ1v) is 4.73. The molecular formula is C8H7IN2O. The zero-order valence-electron chi connectivity index (χ0n) is 6.30. The van der Waals surface area contributed by atoms with Gasteiger partial charge in [-0.05, 0) is 28.7 Å². The molecule has 1 aliphatic heterocycles. The Hall–Kier alpha value is -0.650. The number of hydrogen-bond acceptors (Lipinski definition) is 3. The molecule has 12 heavy (non-hydrogen) atoms. The molecule has 0 radical (unpaired) electrons. The lowest BCUT2D eigenvalue weighted by Crippen LogP contribution is -2.23. The van der Waals surface area contributed by atoms with E-state index in [4.69, 9.17) is 0 Å². The predicted molar refractivity (Wildman–Crippen MR) is 54.2 cm³/mol. The maximum Gasteiger partial charge on any atom is 0.156 e. The van der Waals surface area contributed by atoms with E-state index in [-0.39, 0.29) is 5.78 Å². The zero-order valence-corrected chi connectivity index (χ0v) is 8.46. The first-order valence-electron chi connectivity index (χ1n) is 3.66. The normalized spacial score (nSPS) is 15.2. The van der Waals surface area contributed by atoms with Crippen LogP contribution in [0.15, 0.2) is 12.3 Å². The molecule has 0 bridgehead atoms. The average Bonchev–Trinajstić information content (AvgIpc) is 2.03. The van der Waals surface area contributed by atoms with Crippen LogP contribution >= 0.6 is 22.6 Å². The van der Waals surface area contributed by atoms with E-state index in [9.17, 15) is 4.79 Å². The summed E-state index contributed by atoms with van der Waals surface area (Å²) in [7, 11) is 0. The van der Waals surface area contributed by atoms with Crippen molar-refractivity contribution in [1.29, 1.82) is 0 Å². The molecule has 0 fully saturated rings. The number of aromatic nitrogens is 1. The van der Waals surface area contributed by atoms with Gasteiger partial charge in [-0.25, -0.2) is 4.98 Å². The van der Waals surface area contributed by atoms with Gasteiger partial charge in [0.25, 0.3) is 0 Å². The van der Waals surface area contributed by atoms with Gasteiger partial charge in [0.05, 0.1) is 6.54 Å². The Morgan fingerprint density at radius 1 is 1.58 bits per heavy atom. The molecule has 1 aromatic heterocycles. The van der Waals surface area contributed by atoms with Crippen LogP contribution in [-0.2, 0) is 11.2 Å². The SMILES string of the molecule is O=C1CNc2ncc(I)cc2C1. The summed E-state index contributed by atoms with van der Waals surface area (Å²) in [6.07, 6.45) is 2.31. The third-order valence-corrected chi connectivity index (χ3v) is 2.36. The van der Waals surface area contributed by atoms with E-state index in [0.717, 1.165) is 15.0 Å². The summed E-state index contributed by atoms with van der Waals surface area (Å²) >= 11 is 2.19. The van der Waals surface area contributed by atoms with Crippen LogP contribution in [0.3, 0.4) is 0 Å². The Morgan fingerprint density at radius 3 is 3.25 bits per heavy atom. The minimum atomic E-state index is 0.228. The number of pyridine rings is 1. The topological polar surface area (TPSA) is 42.0 Å². The van der Waals surface area contributed by atoms with Crippen LogP contribution < -0.4 is 5.32 Å². The van der Waals surface area contributed by atoms with Gasteiger partial charge >= 0.3 is 0 Å². The highest BCUT2D eigenvalue weighted by molar-refractivity contribution is 14.1. The zero-order chi connectivity index (χ0) is 8.55. The summed E-state index contributed by atoms with van der Waals surface area (Å²) in [5.74, 6) is 1.08. The molecule has 0 saturated heterocycles. The Balaban J connectivity index is 2.44. The van der Waals surface area contributed by atoms with Gasteiger partial charge in [0.2, 0.25) is 0 Å². The minimum Gasteiger partial charge on any atom is -0.363 e. The van der Waals surface area contributed by atoms with E-state index >= 15 is 0 Å². The van der Waals surface area contributed by atoms with Crippen molar-refractivity contribution in [3.63, 3.8) is 0 Å². The number of nitrogens with zero attached hydrogens (tertiary/aromatic N) is 1. The highest BCUT2D eigenvalue weighted by atomic mass is 127. The molecule has 0 saturated carbocycles. The van der Waals surface area contributed by atoms with Gasteiger partial charge < -0.3 is 5.32 Å². The molecule has 0 aromatic carbocycles. The minimum absolute atomic E-state index is 0.228. The van der Waals surface area contributed by atoms with Crippen molar-refractivity contribution in [3.05, 3.63) is 21.4 Å². The van der Waals surface area contributed by atoms with Crippen LogP contribution in [0.1, 0.15) is 5.56 Å². The number of hydrogen-bond donors (Lipinski definition) is 1. The number of ketones is 1. The quantitative estimate of drug-likeness (QED) is 0.723. The van der Waals surface area contributed by atoms with E-state index in [1.54, 1.807) is 6.20 Å². The lowest BCUT2D eigenvalue weighted by molar-refractivity contribution is -0.117. The third kappa shape index (κ3) is 1.43. The van der Waals surface area contributed by atoms with Gasteiger partial charge in [-0.2, -0.15) is 0 Å². The fraction of sp³-hybridized carbons (Fsp3) is 0.250. The molecule has 1 N–H and O–H groups in total. The van der Waals surface area contributed by atoms with Crippen molar-refractivity contribution in [3.8, 4) is 0 Å². The monoisotopic (exact) mass is 274 g/mol. The summed E-state index contributed by atoms with van der Waals surface area (Å²) in [4.78, 5) is 15.2. The van der Waals surface area contributed by atoms with Crippen molar-refractivity contribution in [2.24, 2.45) is 0 Å². The number of nitrogens with one attached hydrogen (secondary N) is 1. The third-order valence-electron chi connectivity index (χ3n) is 1.77. The molecule has 0 spiro atoms. The van der Waals surface area contributed by atoms with Crippen LogP contribution in [-0.4, -0.2) is 17.3 Å². The molecule has 0 aliphatic carbocycles. The van der Waals surface area contributed by atoms with E-state index in [2.05, 4.69) is 32.9 Å². The highest BCUT2D eigenvalue weighted by Gasteiger charge is 2.15. The molecule has 1 aromatic rings. The molecule has 4 heteroatoms. The van der Waals surface area contributed by atoms with Gasteiger partial charge in [0, 0.05) is 21.8 Å². The van der Waals surface area contributed by atoms with E-state index in [1.807, 2.05) is 6.07 Å². The fourth-order valence-electron chi connectivity index (χ4n) is 1.23. The second-order valence-corrected chi connectivity index (χ2v) is 3.98. The fourth-order valence-corrected chi connectivity index (χ4v) is 1.75. The number of carbonyl (C=O) groups is 1. The van der Waals surface area contributed by atoms with E-state index in [0.29, 0.717) is 13.0 Å². The van der Waals surface area contributed by atoms with Crippen LogP contribution in [0.25, 0.3) is 0 Å². The molecule has 2 heterocycles. The molecule has 3 nitrogen and oxygen atoms in total. The van der Waals surface area contributed by atoms with Gasteiger partial charge in [0.15, 0.2) is 5.78 Å². The first kappa shape index (κ1) is 7.97. The Labute approximate surface area is 83.7 Å². The van der Waals surface area contributed by atoms with Crippen LogP contribution in [0, 0.1) is 3.57 Å². The lowest BCUT2D eigenvalue weighted by atomic mass is 10.1. The number of fused-ring (bicyclic) bond motifs is 1. The molecule has 62 valence electrons. The van der Waals surface area contributed by atoms with Gasteiger partial charge in [-0.1, -0.05) is 0 Å². The number of halogens is 1. The van der Waals surface area contributed by atoms with Crippen molar-refractivity contribution in [2.75, 3.05) is 11.9 Å². The standard InChI is InChI=1S/C8H7IN2O/c9-6-1-5-2-7(12)4-11-8(5)10-3-6/h1,3H,2,4H2,(H,10,11). The number of carbonyl (C=O) groups excluding carboxylic acids is 1. The molecule has 2 rings (SSSR count). The van der Waals surface area contributed by atoms with Crippen LogP contribution in [0.2, 0.25) is 0 Å². The summed E-state index contributed by atoms with van der Waals surface area (Å²) in [6.45, 7) is 0.417. The van der Waals surface area contributed by atoms with E-state index < -0.39 is 0 Å². The average molecular weight is 274 g/mol. The summed E-state index contributed by atoms with van der Waals surface area (Å²) < 4.78 is 1.07. The number of Topliss-reactive ketones (excluding diaryl/α,β-unsaturated/α-hetero) is 1. The molecular weight excluding hydrogens is 267 g/mol. The molecule has 0 unspecified atom stereocenters. The Bertz CT molecular complexity index is 338. The highest BCUT2D eigenvalue weighted by Crippen LogP contribution is 2.19. The second-order valence-electron chi connectivity index (χ2n) is 2.73. The van der Waals surface area contributed by atoms with Gasteiger partial charge in [0.1, 0.15) is 5.82 Å². The van der Waals surface area contributed by atoms with Gasteiger partial charge in [-0.15, -0.1) is 0 Å². The summed E-state index contributed by atoms with van der Waals surface area (Å²) in [5.41, 5.74) is 1.01. The van der Waals surface area contributed by atoms with Gasteiger partial charge in [-0.3, -0.25) is 4.79 Å². The lowest BCUT2D eigenvalue weighted by Gasteiger charge is -2.15. The van der Waals surface area contributed by atoms with E-state index in [1.165, 1.54) is 0 Å². The van der Waals surface area contributed by atoms with Crippen molar-refractivity contribution >= 4 is 34.2 Å². The molecule has 1 aliphatic rings.